The fourth-order valence-electron chi connectivity index (χ4n) is 3.53. The van der Waals surface area contributed by atoms with Gasteiger partial charge in [0.15, 0.2) is 11.5 Å². The normalized spacial score (nSPS) is 13.3. The minimum atomic E-state index is -3.82. The molecule has 190 valence electrons. The largest absolute Gasteiger partial charge is 0.454 e. The van der Waals surface area contributed by atoms with Crippen LogP contribution >= 0.6 is 15.9 Å². The van der Waals surface area contributed by atoms with Crippen molar-refractivity contribution >= 4 is 43.5 Å². The number of anilines is 1. The summed E-state index contributed by atoms with van der Waals surface area (Å²) in [6.07, 6.45) is 0.756. The zero-order chi connectivity index (χ0) is 25.6. The lowest BCUT2D eigenvalue weighted by atomic mass is 10.1. The molecule has 1 heterocycles. The maximum atomic E-state index is 13.6. The van der Waals surface area contributed by atoms with Crippen LogP contribution < -0.4 is 19.1 Å². The quantitative estimate of drug-likeness (QED) is 0.446. The van der Waals surface area contributed by atoms with Gasteiger partial charge in [-0.05, 0) is 50.1 Å². The zero-order valence-electron chi connectivity index (χ0n) is 20.0. The van der Waals surface area contributed by atoms with E-state index in [2.05, 4.69) is 21.2 Å². The number of hydrogen-bond donors (Lipinski definition) is 1. The van der Waals surface area contributed by atoms with E-state index in [1.165, 1.54) is 11.8 Å². The van der Waals surface area contributed by atoms with Crippen LogP contribution in [-0.2, 0) is 26.2 Å². The minimum Gasteiger partial charge on any atom is -0.454 e. The molecule has 0 saturated heterocycles. The molecule has 0 saturated carbocycles. The van der Waals surface area contributed by atoms with Crippen molar-refractivity contribution in [2.75, 3.05) is 29.9 Å². The standard InChI is InChI=1S/C24H30BrN3O6S/c1-4-12-26-24(30)17(3)27(14-18-6-8-19(25)9-7-18)23(29)15-28(35(31,32)5-2)20-10-11-21-22(13-20)34-16-33-21/h6-11,13,17H,4-5,12,14-16H2,1-3H3,(H,26,30). The van der Waals surface area contributed by atoms with Gasteiger partial charge in [-0.15, -0.1) is 0 Å². The average Bonchev–Trinajstić information content (AvgIpc) is 3.32. The molecule has 0 aliphatic carbocycles. The highest BCUT2D eigenvalue weighted by Crippen LogP contribution is 2.36. The maximum absolute atomic E-state index is 13.6. The molecule has 11 heteroatoms. The van der Waals surface area contributed by atoms with Crippen molar-refractivity contribution in [3.8, 4) is 11.5 Å². The Hall–Kier alpha value is -2.79. The molecule has 2 aromatic rings. The second-order valence-corrected chi connectivity index (χ2v) is 11.2. The minimum absolute atomic E-state index is 0.0452. The number of rotatable bonds is 11. The van der Waals surface area contributed by atoms with Gasteiger partial charge in [-0.1, -0.05) is 35.0 Å². The van der Waals surface area contributed by atoms with Crippen LogP contribution in [0.5, 0.6) is 11.5 Å². The van der Waals surface area contributed by atoms with Crippen molar-refractivity contribution in [2.45, 2.75) is 39.8 Å². The van der Waals surface area contributed by atoms with Gasteiger partial charge in [0.25, 0.3) is 0 Å². The van der Waals surface area contributed by atoms with Gasteiger partial charge in [0.1, 0.15) is 12.6 Å². The maximum Gasteiger partial charge on any atom is 0.244 e. The van der Waals surface area contributed by atoms with Gasteiger partial charge < -0.3 is 19.7 Å². The van der Waals surface area contributed by atoms with Crippen molar-refractivity contribution < 1.29 is 27.5 Å². The van der Waals surface area contributed by atoms with Gasteiger partial charge in [0.05, 0.1) is 11.4 Å². The number of nitrogens with zero attached hydrogens (tertiary/aromatic N) is 2. The molecule has 1 aliphatic heterocycles. The predicted molar refractivity (Wildman–Crippen MR) is 137 cm³/mol. The van der Waals surface area contributed by atoms with E-state index in [0.717, 1.165) is 20.8 Å². The van der Waals surface area contributed by atoms with Crippen LogP contribution in [-0.4, -0.2) is 56.8 Å². The molecule has 3 rings (SSSR count). The number of sulfonamides is 1. The second kappa shape index (κ2) is 11.8. The first-order valence-electron chi connectivity index (χ1n) is 11.4. The van der Waals surface area contributed by atoms with Crippen molar-refractivity contribution in [1.82, 2.24) is 10.2 Å². The topological polar surface area (TPSA) is 105 Å². The van der Waals surface area contributed by atoms with E-state index in [4.69, 9.17) is 9.47 Å². The summed E-state index contributed by atoms with van der Waals surface area (Å²) >= 11 is 3.39. The summed E-state index contributed by atoms with van der Waals surface area (Å²) in [6.45, 7) is 5.31. The number of amides is 2. The Bertz CT molecular complexity index is 1160. The van der Waals surface area contributed by atoms with Crippen LogP contribution in [0.2, 0.25) is 0 Å². The number of carbonyl (C=O) groups is 2. The molecule has 2 amide bonds. The smallest absolute Gasteiger partial charge is 0.244 e. The van der Waals surface area contributed by atoms with Gasteiger partial charge in [0, 0.05) is 23.6 Å². The third kappa shape index (κ3) is 6.66. The molecule has 9 nitrogen and oxygen atoms in total. The van der Waals surface area contributed by atoms with Crippen LogP contribution in [0.25, 0.3) is 0 Å². The van der Waals surface area contributed by atoms with E-state index in [-0.39, 0.29) is 30.7 Å². The molecule has 35 heavy (non-hydrogen) atoms. The Kier molecular flexibility index (Phi) is 9.01. The summed E-state index contributed by atoms with van der Waals surface area (Å²) in [5.74, 6) is -0.0853. The molecule has 0 radical (unpaired) electrons. The monoisotopic (exact) mass is 567 g/mol. The molecule has 0 bridgehead atoms. The van der Waals surface area contributed by atoms with Crippen molar-refractivity contribution in [2.24, 2.45) is 0 Å². The van der Waals surface area contributed by atoms with Crippen molar-refractivity contribution in [1.29, 1.82) is 0 Å². The number of carbonyl (C=O) groups excluding carboxylic acids is 2. The van der Waals surface area contributed by atoms with Crippen LogP contribution in [0.3, 0.4) is 0 Å². The van der Waals surface area contributed by atoms with Gasteiger partial charge in [-0.25, -0.2) is 8.42 Å². The molecule has 2 aromatic carbocycles. The van der Waals surface area contributed by atoms with Gasteiger partial charge in [-0.2, -0.15) is 0 Å². The number of benzene rings is 2. The Labute approximate surface area is 214 Å². The first-order valence-corrected chi connectivity index (χ1v) is 13.8. The lowest BCUT2D eigenvalue weighted by Crippen LogP contribution is -2.51. The fraction of sp³-hybridized carbons (Fsp3) is 0.417. The molecular weight excluding hydrogens is 538 g/mol. The highest BCUT2D eigenvalue weighted by atomic mass is 79.9. The fourth-order valence-corrected chi connectivity index (χ4v) is 4.84. The van der Waals surface area contributed by atoms with Crippen LogP contribution in [0.15, 0.2) is 46.9 Å². The third-order valence-corrected chi connectivity index (χ3v) is 7.88. The first-order chi connectivity index (χ1) is 16.7. The zero-order valence-corrected chi connectivity index (χ0v) is 22.4. The molecule has 1 aliphatic rings. The second-order valence-electron chi connectivity index (χ2n) is 8.06. The number of nitrogens with one attached hydrogen (secondary N) is 1. The SMILES string of the molecule is CCCNC(=O)C(C)N(Cc1ccc(Br)cc1)C(=O)CN(c1ccc2c(c1)OCO2)S(=O)(=O)CC. The summed E-state index contributed by atoms with van der Waals surface area (Å²) < 4.78 is 38.6. The van der Waals surface area contributed by atoms with Crippen LogP contribution in [0.1, 0.15) is 32.8 Å². The molecule has 1 atom stereocenters. The van der Waals surface area contributed by atoms with Crippen molar-refractivity contribution in [3.63, 3.8) is 0 Å². The predicted octanol–water partition coefficient (Wildman–Crippen LogP) is 3.28. The molecular formula is C24H30BrN3O6S. The molecule has 0 fully saturated rings. The van der Waals surface area contributed by atoms with Crippen molar-refractivity contribution in [3.05, 3.63) is 52.5 Å². The first kappa shape index (κ1) is 26.8. The molecule has 0 spiro atoms. The Morgan fingerprint density at radius 2 is 1.77 bits per heavy atom. The van der Waals surface area contributed by atoms with E-state index >= 15 is 0 Å². The third-order valence-electron chi connectivity index (χ3n) is 5.61. The van der Waals surface area contributed by atoms with E-state index in [0.29, 0.717) is 18.0 Å². The van der Waals surface area contributed by atoms with Crippen LogP contribution in [0.4, 0.5) is 5.69 Å². The highest BCUT2D eigenvalue weighted by Gasteiger charge is 2.31. The Morgan fingerprint density at radius 3 is 2.43 bits per heavy atom. The lowest BCUT2D eigenvalue weighted by Gasteiger charge is -2.32. The van der Waals surface area contributed by atoms with Gasteiger partial charge in [0.2, 0.25) is 28.6 Å². The summed E-state index contributed by atoms with van der Waals surface area (Å²) in [4.78, 5) is 27.7. The Morgan fingerprint density at radius 1 is 1.09 bits per heavy atom. The number of fused-ring (bicyclic) bond motifs is 1. The highest BCUT2D eigenvalue weighted by molar-refractivity contribution is 9.10. The summed E-state index contributed by atoms with van der Waals surface area (Å²) in [7, 11) is -3.82. The molecule has 1 N–H and O–H groups in total. The summed E-state index contributed by atoms with van der Waals surface area (Å²) in [5.41, 5.74) is 1.10. The van der Waals surface area contributed by atoms with E-state index in [1.54, 1.807) is 25.1 Å². The van der Waals surface area contributed by atoms with E-state index < -0.39 is 28.5 Å². The van der Waals surface area contributed by atoms with Gasteiger partial charge >= 0.3 is 0 Å². The number of halogens is 1. The number of ether oxygens (including phenoxy) is 2. The molecule has 0 aromatic heterocycles. The average molecular weight is 568 g/mol. The van der Waals surface area contributed by atoms with E-state index in [1.807, 2.05) is 31.2 Å². The summed E-state index contributed by atoms with van der Waals surface area (Å²) in [5, 5.41) is 2.81. The Balaban J connectivity index is 1.92. The lowest BCUT2D eigenvalue weighted by molar-refractivity contribution is -0.139. The van der Waals surface area contributed by atoms with Gasteiger partial charge in [-0.3, -0.25) is 13.9 Å². The summed E-state index contributed by atoms with van der Waals surface area (Å²) in [6, 6.07) is 11.3. The van der Waals surface area contributed by atoms with Crippen LogP contribution in [0, 0.1) is 0 Å². The van der Waals surface area contributed by atoms with E-state index in [9.17, 15) is 18.0 Å². The number of hydrogen-bond acceptors (Lipinski definition) is 6. The molecule has 1 unspecified atom stereocenters.